The second-order valence-electron chi connectivity index (χ2n) is 7.53. The number of aromatic nitrogens is 2. The number of para-hydroxylation sites is 1. The van der Waals surface area contributed by atoms with Crippen LogP contribution in [0.25, 0.3) is 16.6 Å². The number of amides is 1. The molecule has 0 aliphatic rings. The molecule has 0 unspecified atom stereocenters. The number of nitrogens with zero attached hydrogens (tertiary/aromatic N) is 3. The lowest BCUT2D eigenvalue weighted by atomic mass is 10.1. The van der Waals surface area contributed by atoms with Gasteiger partial charge in [0.2, 0.25) is 5.91 Å². The summed E-state index contributed by atoms with van der Waals surface area (Å²) in [6.07, 6.45) is 0. The highest BCUT2D eigenvalue weighted by Gasteiger charge is 2.19. The van der Waals surface area contributed by atoms with Crippen molar-refractivity contribution in [2.75, 3.05) is 11.1 Å². The second kappa shape index (κ2) is 9.66. The second-order valence-corrected chi connectivity index (χ2v) is 8.91. The maximum Gasteiger partial charge on any atom is 0.292 e. The van der Waals surface area contributed by atoms with E-state index in [9.17, 15) is 19.7 Å². The summed E-state index contributed by atoms with van der Waals surface area (Å²) in [7, 11) is 0. The van der Waals surface area contributed by atoms with Crippen LogP contribution >= 0.6 is 23.4 Å². The van der Waals surface area contributed by atoms with Crippen molar-refractivity contribution in [2.24, 2.45) is 0 Å². The third-order valence-electron chi connectivity index (χ3n) is 5.32. The first-order valence-corrected chi connectivity index (χ1v) is 11.6. The molecule has 1 heterocycles. The fraction of sp³-hybridized carbons (Fsp3) is 0.125. The number of nitro benzene ring substituents is 1. The first-order chi connectivity index (χ1) is 16.3. The SMILES string of the molecule is Cc1cccc(-n2c(SCC(=O)Nc3cc(Cl)ccc3[N+](=O)[O-])nc3ccccc3c2=O)c1C. The van der Waals surface area contributed by atoms with Crippen molar-refractivity contribution in [1.82, 2.24) is 9.55 Å². The molecule has 1 N–H and O–H groups in total. The molecule has 0 saturated heterocycles. The Labute approximate surface area is 203 Å². The Balaban J connectivity index is 1.71. The highest BCUT2D eigenvalue weighted by atomic mass is 35.5. The number of aryl methyl sites for hydroxylation is 1. The Morgan fingerprint density at radius 3 is 2.68 bits per heavy atom. The molecular formula is C24H19ClN4O4S. The van der Waals surface area contributed by atoms with Crippen molar-refractivity contribution in [3.05, 3.63) is 97.3 Å². The summed E-state index contributed by atoms with van der Waals surface area (Å²) in [6, 6.07) is 16.6. The standard InChI is InChI=1S/C24H19ClN4O4S/c1-14-6-5-9-20(15(14)2)28-23(31)17-7-3-4-8-18(17)27-24(28)34-13-22(30)26-19-12-16(25)10-11-21(19)29(32)33/h3-12H,13H2,1-2H3,(H,26,30). The summed E-state index contributed by atoms with van der Waals surface area (Å²) in [6.45, 7) is 3.88. The van der Waals surface area contributed by atoms with Gasteiger partial charge in [0, 0.05) is 11.1 Å². The van der Waals surface area contributed by atoms with Crippen LogP contribution < -0.4 is 10.9 Å². The summed E-state index contributed by atoms with van der Waals surface area (Å²) in [5.74, 6) is -0.621. The molecule has 10 heteroatoms. The monoisotopic (exact) mass is 494 g/mol. The number of anilines is 1. The Kier molecular flexibility index (Phi) is 6.67. The molecule has 1 aromatic heterocycles. The molecule has 0 aliphatic heterocycles. The van der Waals surface area contributed by atoms with E-state index in [1.165, 1.54) is 22.8 Å². The average molecular weight is 495 g/mol. The van der Waals surface area contributed by atoms with Gasteiger partial charge in [0.15, 0.2) is 5.16 Å². The molecule has 0 bridgehead atoms. The maximum atomic E-state index is 13.4. The highest BCUT2D eigenvalue weighted by Crippen LogP contribution is 2.29. The van der Waals surface area contributed by atoms with Crippen LogP contribution in [0.15, 0.2) is 70.6 Å². The van der Waals surface area contributed by atoms with Gasteiger partial charge < -0.3 is 5.32 Å². The van der Waals surface area contributed by atoms with Crippen LogP contribution in [0.2, 0.25) is 5.02 Å². The predicted molar refractivity (Wildman–Crippen MR) is 134 cm³/mol. The fourth-order valence-corrected chi connectivity index (χ4v) is 4.46. The van der Waals surface area contributed by atoms with E-state index in [1.807, 2.05) is 32.0 Å². The minimum atomic E-state index is -0.595. The molecule has 4 aromatic rings. The Bertz CT molecular complexity index is 1500. The minimum absolute atomic E-state index is 0.00138. The summed E-state index contributed by atoms with van der Waals surface area (Å²) in [5.41, 5.74) is 2.62. The van der Waals surface area contributed by atoms with Gasteiger partial charge in [0.1, 0.15) is 5.69 Å². The molecule has 1 amide bonds. The number of nitrogens with one attached hydrogen (secondary N) is 1. The van der Waals surface area contributed by atoms with E-state index in [0.717, 1.165) is 22.9 Å². The summed E-state index contributed by atoms with van der Waals surface area (Å²) >= 11 is 7.01. The Morgan fingerprint density at radius 2 is 1.91 bits per heavy atom. The first-order valence-electron chi connectivity index (χ1n) is 10.2. The molecule has 0 radical (unpaired) electrons. The minimum Gasteiger partial charge on any atom is -0.320 e. The van der Waals surface area contributed by atoms with Gasteiger partial charge in [-0.05, 0) is 55.3 Å². The van der Waals surface area contributed by atoms with Gasteiger partial charge in [-0.2, -0.15) is 0 Å². The predicted octanol–water partition coefficient (Wildman–Crippen LogP) is 5.29. The number of thioether (sulfide) groups is 1. The number of nitro groups is 1. The number of carbonyl (C=O) groups is 1. The number of fused-ring (bicyclic) bond motifs is 1. The van der Waals surface area contributed by atoms with Crippen LogP contribution in [-0.4, -0.2) is 26.1 Å². The van der Waals surface area contributed by atoms with Gasteiger partial charge in [-0.3, -0.25) is 24.3 Å². The van der Waals surface area contributed by atoms with Gasteiger partial charge >= 0.3 is 0 Å². The number of hydrogen-bond donors (Lipinski definition) is 1. The van der Waals surface area contributed by atoms with Gasteiger partial charge in [-0.15, -0.1) is 0 Å². The van der Waals surface area contributed by atoms with Crippen LogP contribution in [0.5, 0.6) is 0 Å². The van der Waals surface area contributed by atoms with E-state index in [0.29, 0.717) is 21.7 Å². The number of benzene rings is 3. The normalized spacial score (nSPS) is 10.9. The van der Waals surface area contributed by atoms with E-state index in [2.05, 4.69) is 10.3 Å². The van der Waals surface area contributed by atoms with E-state index >= 15 is 0 Å². The number of halogens is 1. The van der Waals surface area contributed by atoms with Crippen LogP contribution in [0.4, 0.5) is 11.4 Å². The molecule has 172 valence electrons. The van der Waals surface area contributed by atoms with Gasteiger partial charge in [0.25, 0.3) is 11.2 Å². The molecule has 8 nitrogen and oxygen atoms in total. The maximum absolute atomic E-state index is 13.4. The fourth-order valence-electron chi connectivity index (χ4n) is 3.48. The quantitative estimate of drug-likeness (QED) is 0.169. The summed E-state index contributed by atoms with van der Waals surface area (Å²) in [5, 5.41) is 14.9. The molecule has 34 heavy (non-hydrogen) atoms. The zero-order valence-corrected chi connectivity index (χ0v) is 19.8. The molecule has 0 saturated carbocycles. The van der Waals surface area contributed by atoms with Gasteiger partial charge in [-0.1, -0.05) is 47.6 Å². The third kappa shape index (κ3) is 4.66. The Hall–Kier alpha value is -3.69. The Morgan fingerprint density at radius 1 is 1.15 bits per heavy atom. The smallest absolute Gasteiger partial charge is 0.292 e. The van der Waals surface area contributed by atoms with Crippen molar-refractivity contribution in [3.63, 3.8) is 0 Å². The lowest BCUT2D eigenvalue weighted by molar-refractivity contribution is -0.383. The molecule has 0 aliphatic carbocycles. The number of rotatable bonds is 6. The third-order valence-corrected chi connectivity index (χ3v) is 6.50. The van der Waals surface area contributed by atoms with E-state index in [1.54, 1.807) is 24.3 Å². The summed E-state index contributed by atoms with van der Waals surface area (Å²) in [4.78, 5) is 41.4. The highest BCUT2D eigenvalue weighted by molar-refractivity contribution is 7.99. The van der Waals surface area contributed by atoms with Gasteiger partial charge in [-0.25, -0.2) is 4.98 Å². The van der Waals surface area contributed by atoms with Crippen LogP contribution in [0.1, 0.15) is 11.1 Å². The zero-order chi connectivity index (χ0) is 24.4. The molecule has 0 atom stereocenters. The lowest BCUT2D eigenvalue weighted by Gasteiger charge is -2.16. The van der Waals surface area contributed by atoms with E-state index < -0.39 is 10.8 Å². The van der Waals surface area contributed by atoms with Gasteiger partial charge in [0.05, 0.1) is 27.3 Å². The number of carbonyl (C=O) groups excluding carboxylic acids is 1. The number of hydrogen-bond acceptors (Lipinski definition) is 6. The lowest BCUT2D eigenvalue weighted by Crippen LogP contribution is -2.23. The van der Waals surface area contributed by atoms with Crippen LogP contribution in [-0.2, 0) is 4.79 Å². The van der Waals surface area contributed by atoms with Crippen LogP contribution in [0, 0.1) is 24.0 Å². The van der Waals surface area contributed by atoms with Crippen molar-refractivity contribution in [3.8, 4) is 5.69 Å². The topological polar surface area (TPSA) is 107 Å². The molecule has 0 fully saturated rings. The van der Waals surface area contributed by atoms with Crippen molar-refractivity contribution < 1.29 is 9.72 Å². The molecular weight excluding hydrogens is 476 g/mol. The molecule has 3 aromatic carbocycles. The van der Waals surface area contributed by atoms with Crippen LogP contribution in [0.3, 0.4) is 0 Å². The van der Waals surface area contributed by atoms with Crippen molar-refractivity contribution >= 4 is 51.5 Å². The average Bonchev–Trinajstić information content (AvgIpc) is 2.80. The van der Waals surface area contributed by atoms with Crippen molar-refractivity contribution in [2.45, 2.75) is 19.0 Å². The zero-order valence-electron chi connectivity index (χ0n) is 18.2. The molecule has 0 spiro atoms. The van der Waals surface area contributed by atoms with Crippen molar-refractivity contribution in [1.29, 1.82) is 0 Å². The first kappa shape index (κ1) is 23.5. The van der Waals surface area contributed by atoms with E-state index in [-0.39, 0.29) is 27.7 Å². The summed E-state index contributed by atoms with van der Waals surface area (Å²) < 4.78 is 1.50. The largest absolute Gasteiger partial charge is 0.320 e. The van der Waals surface area contributed by atoms with E-state index in [4.69, 9.17) is 11.6 Å². The molecule has 4 rings (SSSR count).